The molecule has 0 aromatic carbocycles. The van der Waals surface area contributed by atoms with Crippen LogP contribution in [0.5, 0.6) is 0 Å². The van der Waals surface area contributed by atoms with E-state index in [2.05, 4.69) is 38.5 Å². The minimum atomic E-state index is 0.505. The normalized spacial score (nSPS) is 13.0. The molecule has 0 nitrogen and oxygen atoms in total. The second-order valence-corrected chi connectivity index (χ2v) is 6.49. The molecule has 0 fully saturated rings. The molecule has 0 N–H and O–H groups in total. The van der Waals surface area contributed by atoms with Gasteiger partial charge in [-0.05, 0) is 31.6 Å². The lowest BCUT2D eigenvalue weighted by Gasteiger charge is -2.21. The molecule has 0 heterocycles. The summed E-state index contributed by atoms with van der Waals surface area (Å²) in [5.41, 5.74) is 0. The number of unbranched alkanes of at least 4 members (excludes halogenated alkanes) is 7. The van der Waals surface area contributed by atoms with E-state index in [0.29, 0.717) is 5.92 Å². The first-order valence-electron chi connectivity index (χ1n) is 9.71. The topological polar surface area (TPSA) is 0 Å². The van der Waals surface area contributed by atoms with Crippen molar-refractivity contribution in [1.29, 1.82) is 0 Å². The Labute approximate surface area is 140 Å². The van der Waals surface area contributed by atoms with Crippen molar-refractivity contribution < 1.29 is 0 Å². The third-order valence-corrected chi connectivity index (χ3v) is 4.58. The lowest BCUT2D eigenvalue weighted by atomic mass is 9.83. The molecule has 0 radical (unpaired) electrons. The van der Waals surface area contributed by atoms with Crippen LogP contribution in [-0.4, -0.2) is 0 Å². The molecule has 0 aromatic rings. The summed E-state index contributed by atoms with van der Waals surface area (Å²) in [5.74, 6) is 10.9. The van der Waals surface area contributed by atoms with Gasteiger partial charge in [0, 0.05) is 18.8 Å². The predicted molar refractivity (Wildman–Crippen MR) is 101 cm³/mol. The Balaban J connectivity index is 3.69. The van der Waals surface area contributed by atoms with Crippen LogP contribution in [0, 0.1) is 36.0 Å². The summed E-state index contributed by atoms with van der Waals surface area (Å²) in [7, 11) is 0. The van der Waals surface area contributed by atoms with Gasteiger partial charge in [0.25, 0.3) is 0 Å². The van der Waals surface area contributed by atoms with Crippen molar-refractivity contribution in [1.82, 2.24) is 0 Å². The largest absolute Gasteiger partial charge is 0.120 e. The van der Waals surface area contributed by atoms with Gasteiger partial charge in [0.05, 0.1) is 0 Å². The Bertz CT molecular complexity index is 322. The van der Waals surface area contributed by atoms with Crippen molar-refractivity contribution in [2.75, 3.05) is 0 Å². The average Bonchev–Trinajstić information content (AvgIpc) is 2.55. The highest BCUT2D eigenvalue weighted by Gasteiger charge is 2.16. The fourth-order valence-corrected chi connectivity index (χ4v) is 2.98. The van der Waals surface area contributed by atoms with E-state index in [1.54, 1.807) is 0 Å². The zero-order chi connectivity index (χ0) is 16.5. The number of hydrogen-bond acceptors (Lipinski definition) is 0. The number of hydrogen-bond donors (Lipinski definition) is 0. The SMILES string of the molecule is C#CC(CCCCCCC#CCCCC)C(CC)CCCC. The maximum atomic E-state index is 5.77. The molecule has 2 unspecified atom stereocenters. The Morgan fingerprint density at radius 1 is 0.727 bits per heavy atom. The van der Waals surface area contributed by atoms with Gasteiger partial charge in [-0.3, -0.25) is 0 Å². The van der Waals surface area contributed by atoms with Gasteiger partial charge >= 0.3 is 0 Å². The molecule has 0 aliphatic carbocycles. The molecule has 0 saturated heterocycles. The van der Waals surface area contributed by atoms with Crippen molar-refractivity contribution in [3.8, 4) is 24.2 Å². The summed E-state index contributed by atoms with van der Waals surface area (Å²) >= 11 is 0. The molecule has 0 spiro atoms. The Morgan fingerprint density at radius 3 is 1.95 bits per heavy atom. The van der Waals surface area contributed by atoms with Crippen LogP contribution in [-0.2, 0) is 0 Å². The summed E-state index contributed by atoms with van der Waals surface area (Å²) < 4.78 is 0. The minimum absolute atomic E-state index is 0.505. The molecule has 0 bridgehead atoms. The van der Waals surface area contributed by atoms with Crippen molar-refractivity contribution in [3.05, 3.63) is 0 Å². The van der Waals surface area contributed by atoms with Gasteiger partial charge in [0.15, 0.2) is 0 Å². The zero-order valence-corrected chi connectivity index (χ0v) is 15.4. The Hall–Kier alpha value is -0.880. The van der Waals surface area contributed by atoms with E-state index < -0.39 is 0 Å². The fraction of sp³-hybridized carbons (Fsp3) is 0.818. The first-order valence-corrected chi connectivity index (χ1v) is 9.71. The fourth-order valence-electron chi connectivity index (χ4n) is 2.98. The first-order chi connectivity index (χ1) is 10.8. The van der Waals surface area contributed by atoms with E-state index in [9.17, 15) is 0 Å². The van der Waals surface area contributed by atoms with Crippen LogP contribution in [0.4, 0.5) is 0 Å². The van der Waals surface area contributed by atoms with Gasteiger partial charge < -0.3 is 0 Å². The molecule has 0 amide bonds. The predicted octanol–water partition coefficient (Wildman–Crippen LogP) is 6.99. The maximum absolute atomic E-state index is 5.77. The van der Waals surface area contributed by atoms with Gasteiger partial charge in [0.1, 0.15) is 0 Å². The van der Waals surface area contributed by atoms with Crippen LogP contribution in [0.15, 0.2) is 0 Å². The van der Waals surface area contributed by atoms with E-state index in [1.165, 1.54) is 70.6 Å². The Kier molecular flexibility index (Phi) is 15.8. The molecular formula is C22H38. The van der Waals surface area contributed by atoms with E-state index >= 15 is 0 Å². The van der Waals surface area contributed by atoms with Crippen molar-refractivity contribution in [2.24, 2.45) is 11.8 Å². The van der Waals surface area contributed by atoms with E-state index in [4.69, 9.17) is 6.42 Å². The van der Waals surface area contributed by atoms with Crippen LogP contribution < -0.4 is 0 Å². The molecular weight excluding hydrogens is 264 g/mol. The Morgan fingerprint density at radius 2 is 1.36 bits per heavy atom. The molecule has 0 rings (SSSR count). The van der Waals surface area contributed by atoms with Crippen molar-refractivity contribution >= 4 is 0 Å². The standard InChI is InChI=1S/C22H38/c1-5-9-11-12-13-14-15-16-17-18-20-22(8-4)21(7-3)19-10-6-2/h4,21-22H,5-7,9-11,14-20H2,1-3H3. The van der Waals surface area contributed by atoms with E-state index in [0.717, 1.165) is 18.8 Å². The quantitative estimate of drug-likeness (QED) is 0.254. The van der Waals surface area contributed by atoms with Crippen LogP contribution in [0.2, 0.25) is 0 Å². The van der Waals surface area contributed by atoms with Crippen LogP contribution in [0.25, 0.3) is 0 Å². The molecule has 0 saturated carbocycles. The maximum Gasteiger partial charge on any atom is 0.0228 e. The first kappa shape index (κ1) is 21.1. The zero-order valence-electron chi connectivity index (χ0n) is 15.4. The number of terminal acetylenes is 1. The molecule has 0 aromatic heterocycles. The molecule has 126 valence electrons. The monoisotopic (exact) mass is 302 g/mol. The van der Waals surface area contributed by atoms with Gasteiger partial charge in [-0.1, -0.05) is 65.7 Å². The van der Waals surface area contributed by atoms with Gasteiger partial charge in [-0.2, -0.15) is 0 Å². The lowest BCUT2D eigenvalue weighted by molar-refractivity contribution is 0.333. The third kappa shape index (κ3) is 11.7. The minimum Gasteiger partial charge on any atom is -0.120 e. The second kappa shape index (κ2) is 16.5. The molecule has 22 heavy (non-hydrogen) atoms. The highest BCUT2D eigenvalue weighted by atomic mass is 14.2. The van der Waals surface area contributed by atoms with Gasteiger partial charge in [-0.15, -0.1) is 24.2 Å². The molecule has 2 atom stereocenters. The van der Waals surface area contributed by atoms with Crippen LogP contribution in [0.3, 0.4) is 0 Å². The highest BCUT2D eigenvalue weighted by Crippen LogP contribution is 2.26. The van der Waals surface area contributed by atoms with Gasteiger partial charge in [-0.25, -0.2) is 0 Å². The summed E-state index contributed by atoms with van der Waals surface area (Å²) in [6.07, 6.45) is 22.0. The highest BCUT2D eigenvalue weighted by molar-refractivity contribution is 4.98. The summed E-state index contributed by atoms with van der Waals surface area (Å²) in [6, 6.07) is 0. The summed E-state index contributed by atoms with van der Waals surface area (Å²) in [4.78, 5) is 0. The van der Waals surface area contributed by atoms with E-state index in [1.807, 2.05) is 0 Å². The smallest absolute Gasteiger partial charge is 0.0228 e. The molecule has 0 aliphatic heterocycles. The van der Waals surface area contributed by atoms with Crippen molar-refractivity contribution in [3.63, 3.8) is 0 Å². The van der Waals surface area contributed by atoms with Crippen molar-refractivity contribution in [2.45, 2.75) is 104 Å². The van der Waals surface area contributed by atoms with E-state index in [-0.39, 0.29) is 0 Å². The van der Waals surface area contributed by atoms with Crippen LogP contribution >= 0.6 is 0 Å². The third-order valence-electron chi connectivity index (χ3n) is 4.58. The van der Waals surface area contributed by atoms with Gasteiger partial charge in [0.2, 0.25) is 0 Å². The lowest BCUT2D eigenvalue weighted by Crippen LogP contribution is -2.12. The second-order valence-electron chi connectivity index (χ2n) is 6.49. The molecule has 0 aliphatic rings. The summed E-state index contributed by atoms with van der Waals surface area (Å²) in [6.45, 7) is 6.78. The summed E-state index contributed by atoms with van der Waals surface area (Å²) in [5, 5.41) is 0. The number of rotatable bonds is 13. The average molecular weight is 303 g/mol. The van der Waals surface area contributed by atoms with Crippen LogP contribution in [0.1, 0.15) is 104 Å². The molecule has 0 heteroatoms.